The molecule has 3 nitrogen and oxygen atoms in total. The number of nitrogens with one attached hydrogen (secondary N) is 1. The number of hydrogen-bond donors (Lipinski definition) is 2. The minimum Gasteiger partial charge on any atom is -0.349 e. The van der Waals surface area contributed by atoms with Crippen molar-refractivity contribution in [3.05, 3.63) is 34.9 Å². The zero-order valence-electron chi connectivity index (χ0n) is 11.2. The van der Waals surface area contributed by atoms with E-state index < -0.39 is 0 Å². The van der Waals surface area contributed by atoms with Crippen LogP contribution < -0.4 is 11.1 Å². The normalized spacial score (nSPS) is 23.1. The van der Waals surface area contributed by atoms with E-state index in [2.05, 4.69) is 5.32 Å². The highest BCUT2D eigenvalue weighted by atomic mass is 16.1. The van der Waals surface area contributed by atoms with Crippen LogP contribution in [0.25, 0.3) is 0 Å². The fourth-order valence-corrected chi connectivity index (χ4v) is 2.82. The van der Waals surface area contributed by atoms with Gasteiger partial charge in [0.25, 0.3) is 5.91 Å². The Morgan fingerprint density at radius 1 is 1.39 bits per heavy atom. The van der Waals surface area contributed by atoms with E-state index in [1.54, 1.807) is 0 Å². The highest BCUT2D eigenvalue weighted by molar-refractivity contribution is 5.95. The van der Waals surface area contributed by atoms with Crippen LogP contribution in [0.5, 0.6) is 0 Å². The highest BCUT2D eigenvalue weighted by Gasteiger charge is 2.27. The Labute approximate surface area is 109 Å². The second-order valence-electron chi connectivity index (χ2n) is 5.33. The lowest BCUT2D eigenvalue weighted by Gasteiger charge is -2.20. The molecule has 0 aliphatic heterocycles. The van der Waals surface area contributed by atoms with Gasteiger partial charge in [-0.1, -0.05) is 24.1 Å². The van der Waals surface area contributed by atoms with Crippen molar-refractivity contribution in [1.29, 1.82) is 0 Å². The van der Waals surface area contributed by atoms with Gasteiger partial charge in [0.1, 0.15) is 0 Å². The number of rotatable bonds is 3. The Hall–Kier alpha value is -1.35. The van der Waals surface area contributed by atoms with Crippen molar-refractivity contribution in [1.82, 2.24) is 5.32 Å². The van der Waals surface area contributed by atoms with E-state index in [1.165, 1.54) is 12.0 Å². The predicted molar refractivity (Wildman–Crippen MR) is 73.6 cm³/mol. The van der Waals surface area contributed by atoms with E-state index in [9.17, 15) is 4.79 Å². The van der Waals surface area contributed by atoms with Gasteiger partial charge >= 0.3 is 0 Å². The van der Waals surface area contributed by atoms with Crippen molar-refractivity contribution < 1.29 is 4.79 Å². The maximum atomic E-state index is 12.2. The molecule has 2 unspecified atom stereocenters. The molecule has 2 rings (SSSR count). The van der Waals surface area contributed by atoms with Gasteiger partial charge in [0.05, 0.1) is 0 Å². The predicted octanol–water partition coefficient (Wildman–Crippen LogP) is 2.16. The van der Waals surface area contributed by atoms with E-state index in [4.69, 9.17) is 5.73 Å². The zero-order valence-corrected chi connectivity index (χ0v) is 11.2. The number of aryl methyl sites for hydroxylation is 2. The van der Waals surface area contributed by atoms with E-state index in [1.807, 2.05) is 32.0 Å². The average Bonchev–Trinajstić information content (AvgIpc) is 2.76. The lowest BCUT2D eigenvalue weighted by Crippen LogP contribution is -2.40. The largest absolute Gasteiger partial charge is 0.349 e. The minimum atomic E-state index is 0.0397. The fraction of sp³-hybridized carbons (Fsp3) is 0.533. The number of benzene rings is 1. The second kappa shape index (κ2) is 5.53. The van der Waals surface area contributed by atoms with Gasteiger partial charge < -0.3 is 11.1 Å². The minimum absolute atomic E-state index is 0.0397. The summed E-state index contributed by atoms with van der Waals surface area (Å²) in [4.78, 5) is 12.2. The van der Waals surface area contributed by atoms with Crippen LogP contribution in [0.1, 0.15) is 40.7 Å². The summed E-state index contributed by atoms with van der Waals surface area (Å²) in [7, 11) is 0. The molecule has 98 valence electrons. The Bertz CT molecular complexity index is 442. The highest BCUT2D eigenvalue weighted by Crippen LogP contribution is 2.25. The first kappa shape index (κ1) is 13.1. The Kier molecular flexibility index (Phi) is 4.02. The van der Waals surface area contributed by atoms with Crippen LogP contribution in [-0.4, -0.2) is 18.5 Å². The summed E-state index contributed by atoms with van der Waals surface area (Å²) in [6, 6.07) is 6.19. The van der Waals surface area contributed by atoms with Crippen LogP contribution in [0.2, 0.25) is 0 Å². The molecule has 18 heavy (non-hydrogen) atoms. The van der Waals surface area contributed by atoms with Gasteiger partial charge in [-0.05, 0) is 50.8 Å². The smallest absolute Gasteiger partial charge is 0.251 e. The molecule has 0 aromatic heterocycles. The molecule has 0 heterocycles. The first-order valence-electron chi connectivity index (χ1n) is 6.70. The van der Waals surface area contributed by atoms with Crippen molar-refractivity contribution in [2.45, 2.75) is 39.2 Å². The molecule has 0 spiro atoms. The molecule has 0 saturated heterocycles. The number of carbonyl (C=O) groups excluding carboxylic acids is 1. The molecule has 0 bridgehead atoms. The number of amides is 1. The van der Waals surface area contributed by atoms with E-state index >= 15 is 0 Å². The van der Waals surface area contributed by atoms with Crippen LogP contribution >= 0.6 is 0 Å². The third-order valence-corrected chi connectivity index (χ3v) is 3.90. The van der Waals surface area contributed by atoms with Crippen molar-refractivity contribution in [3.8, 4) is 0 Å². The van der Waals surface area contributed by atoms with E-state index in [0.717, 1.165) is 24.0 Å². The van der Waals surface area contributed by atoms with Gasteiger partial charge in [-0.3, -0.25) is 4.79 Å². The van der Waals surface area contributed by atoms with Gasteiger partial charge in [-0.15, -0.1) is 0 Å². The van der Waals surface area contributed by atoms with E-state index in [0.29, 0.717) is 12.5 Å². The number of nitrogens with two attached hydrogens (primary N) is 1. The van der Waals surface area contributed by atoms with Crippen LogP contribution in [0.4, 0.5) is 0 Å². The fourth-order valence-electron chi connectivity index (χ4n) is 2.82. The standard InChI is InChI=1S/C15H22N2O/c1-10-6-7-13(11(2)8-10)15(18)17-14-5-3-4-12(14)9-16/h6-8,12,14H,3-5,9,16H2,1-2H3,(H,17,18). The monoisotopic (exact) mass is 246 g/mol. The summed E-state index contributed by atoms with van der Waals surface area (Å²) in [6.07, 6.45) is 3.35. The molecular weight excluding hydrogens is 224 g/mol. The summed E-state index contributed by atoms with van der Waals surface area (Å²) in [5.74, 6) is 0.484. The first-order valence-corrected chi connectivity index (χ1v) is 6.70. The molecule has 1 amide bonds. The van der Waals surface area contributed by atoms with E-state index in [-0.39, 0.29) is 11.9 Å². The number of hydrogen-bond acceptors (Lipinski definition) is 2. The van der Waals surface area contributed by atoms with Gasteiger partial charge in [-0.25, -0.2) is 0 Å². The molecule has 2 atom stereocenters. The number of carbonyl (C=O) groups is 1. The third-order valence-electron chi connectivity index (χ3n) is 3.90. The van der Waals surface area contributed by atoms with Gasteiger partial charge in [0.2, 0.25) is 0 Å². The molecule has 1 aromatic rings. The van der Waals surface area contributed by atoms with Gasteiger partial charge in [0.15, 0.2) is 0 Å². The van der Waals surface area contributed by atoms with Gasteiger partial charge in [0, 0.05) is 11.6 Å². The zero-order chi connectivity index (χ0) is 13.1. The summed E-state index contributed by atoms with van der Waals surface area (Å²) in [6.45, 7) is 4.69. The van der Waals surface area contributed by atoms with Crippen molar-refractivity contribution in [2.75, 3.05) is 6.54 Å². The Balaban J connectivity index is 2.07. The lowest BCUT2D eigenvalue weighted by atomic mass is 10.0. The van der Waals surface area contributed by atoms with Gasteiger partial charge in [-0.2, -0.15) is 0 Å². The molecule has 3 heteroatoms. The third kappa shape index (κ3) is 2.72. The Morgan fingerprint density at radius 3 is 2.83 bits per heavy atom. The molecule has 3 N–H and O–H groups in total. The van der Waals surface area contributed by atoms with Crippen LogP contribution in [0, 0.1) is 19.8 Å². The van der Waals surface area contributed by atoms with Crippen LogP contribution in [-0.2, 0) is 0 Å². The summed E-state index contributed by atoms with van der Waals surface area (Å²) in [5.41, 5.74) is 8.74. The quantitative estimate of drug-likeness (QED) is 0.858. The molecule has 1 fully saturated rings. The maximum Gasteiger partial charge on any atom is 0.251 e. The lowest BCUT2D eigenvalue weighted by molar-refractivity contribution is 0.0928. The molecular formula is C15H22N2O. The Morgan fingerprint density at radius 2 is 2.17 bits per heavy atom. The molecule has 1 aliphatic carbocycles. The summed E-state index contributed by atoms with van der Waals surface area (Å²) < 4.78 is 0. The summed E-state index contributed by atoms with van der Waals surface area (Å²) in [5, 5.41) is 3.14. The van der Waals surface area contributed by atoms with Crippen molar-refractivity contribution in [3.63, 3.8) is 0 Å². The first-order chi connectivity index (χ1) is 8.61. The second-order valence-corrected chi connectivity index (χ2v) is 5.33. The topological polar surface area (TPSA) is 55.1 Å². The van der Waals surface area contributed by atoms with Crippen molar-refractivity contribution >= 4 is 5.91 Å². The molecule has 0 radical (unpaired) electrons. The van der Waals surface area contributed by atoms with Crippen LogP contribution in [0.3, 0.4) is 0 Å². The molecule has 1 saturated carbocycles. The summed E-state index contributed by atoms with van der Waals surface area (Å²) >= 11 is 0. The molecule has 1 aromatic carbocycles. The van der Waals surface area contributed by atoms with Crippen LogP contribution in [0.15, 0.2) is 18.2 Å². The molecule has 1 aliphatic rings. The average molecular weight is 246 g/mol. The maximum absolute atomic E-state index is 12.2. The SMILES string of the molecule is Cc1ccc(C(=O)NC2CCCC2CN)c(C)c1. The van der Waals surface area contributed by atoms with Crippen molar-refractivity contribution in [2.24, 2.45) is 11.7 Å².